The van der Waals surface area contributed by atoms with Crippen molar-refractivity contribution in [3.05, 3.63) is 0 Å². The summed E-state index contributed by atoms with van der Waals surface area (Å²) in [5, 5.41) is 0. The van der Waals surface area contributed by atoms with E-state index in [1.165, 1.54) is 0 Å². The molecule has 0 saturated carbocycles. The normalized spacial score (nSPS) is 25.2. The van der Waals surface area contributed by atoms with Crippen molar-refractivity contribution >= 4 is 27.1 Å². The van der Waals surface area contributed by atoms with Gasteiger partial charge in [-0.05, 0) is 0 Å². The summed E-state index contributed by atoms with van der Waals surface area (Å²) in [4.78, 5) is 61.7. The first-order chi connectivity index (χ1) is 5.12. The van der Waals surface area contributed by atoms with Crippen LogP contribution in [0.15, 0.2) is 0 Å². The SMILES string of the molecule is [Na+].[Na+].[O-][Si]1([O-])O[Si]([O-])([O-])O[Si]([O-])([O-])O1.[Zr+4]. The van der Waals surface area contributed by atoms with Crippen LogP contribution in [0.25, 0.3) is 0 Å². The van der Waals surface area contributed by atoms with Gasteiger partial charge in [-0.3, -0.25) is 0 Å². The molecular weight excluding hydrogens is 365 g/mol. The van der Waals surface area contributed by atoms with Crippen LogP contribution in [0.5, 0.6) is 0 Å². The summed E-state index contributed by atoms with van der Waals surface area (Å²) in [5.41, 5.74) is 0. The van der Waals surface area contributed by atoms with Crippen LogP contribution >= 0.6 is 0 Å². The van der Waals surface area contributed by atoms with Crippen molar-refractivity contribution in [3.63, 3.8) is 0 Å². The molecule has 0 atom stereocenters. The van der Waals surface area contributed by atoms with Crippen LogP contribution in [0.1, 0.15) is 0 Å². The first-order valence-electron chi connectivity index (χ1n) is 2.45. The maximum atomic E-state index is 10.3. The van der Waals surface area contributed by atoms with Crippen molar-refractivity contribution in [1.82, 2.24) is 0 Å². The molecule has 0 unspecified atom stereocenters. The number of hydrogen-bond acceptors (Lipinski definition) is 9. The molecule has 1 fully saturated rings. The molecule has 0 aromatic rings. The van der Waals surface area contributed by atoms with Gasteiger partial charge in [-0.15, -0.1) is 0 Å². The monoisotopic (exact) mass is 364 g/mol. The molecule has 1 rings (SSSR count). The number of hydrogen-bond donors (Lipinski definition) is 0. The quantitative estimate of drug-likeness (QED) is 0.379. The maximum Gasteiger partial charge on any atom is 4.00 e. The third kappa shape index (κ3) is 8.82. The van der Waals surface area contributed by atoms with Gasteiger partial charge in [0.2, 0.25) is 0 Å². The van der Waals surface area contributed by atoms with Crippen LogP contribution in [-0.2, 0) is 38.5 Å². The van der Waals surface area contributed by atoms with Crippen LogP contribution < -0.4 is 87.9 Å². The van der Waals surface area contributed by atoms with E-state index in [4.69, 9.17) is 0 Å². The van der Waals surface area contributed by atoms with Gasteiger partial charge in [-0.2, -0.15) is 0 Å². The average Bonchev–Trinajstić information content (AvgIpc) is 1.44. The van der Waals surface area contributed by atoms with Crippen molar-refractivity contribution in [2.45, 2.75) is 0 Å². The fraction of sp³-hybridized carbons (Fsp3) is 0. The van der Waals surface area contributed by atoms with Crippen LogP contribution in [0.3, 0.4) is 0 Å². The van der Waals surface area contributed by atoms with E-state index in [1.807, 2.05) is 0 Å². The van der Waals surface area contributed by atoms with E-state index in [2.05, 4.69) is 12.3 Å². The third-order valence-corrected chi connectivity index (χ3v) is 6.75. The largest absolute Gasteiger partial charge is 4.00 e. The molecule has 1 saturated heterocycles. The molecular formula is Na2O9Si3Zr. The fourth-order valence-electron chi connectivity index (χ4n) is 0.522. The Morgan fingerprint density at radius 3 is 0.800 bits per heavy atom. The Hall–Kier alpha value is 3.17. The van der Waals surface area contributed by atoms with E-state index in [1.54, 1.807) is 0 Å². The molecule has 9 nitrogen and oxygen atoms in total. The molecule has 1 aliphatic rings. The second-order valence-corrected chi connectivity index (χ2v) is 7.26. The van der Waals surface area contributed by atoms with E-state index in [0.717, 1.165) is 0 Å². The fourth-order valence-corrected chi connectivity index (χ4v) is 5.82. The second kappa shape index (κ2) is 7.69. The van der Waals surface area contributed by atoms with Gasteiger partial charge in [0.15, 0.2) is 0 Å². The molecule has 72 valence electrons. The zero-order chi connectivity index (χ0) is 9.62. The summed E-state index contributed by atoms with van der Waals surface area (Å²) in [7, 11) is -16.8. The van der Waals surface area contributed by atoms with Crippen LogP contribution in [0.2, 0.25) is 0 Å². The summed E-state index contributed by atoms with van der Waals surface area (Å²) in [6, 6.07) is 0. The van der Waals surface area contributed by atoms with Crippen LogP contribution in [-0.4, -0.2) is 27.1 Å². The average molecular weight is 365 g/mol. The first kappa shape index (κ1) is 23.3. The zero-order valence-corrected chi connectivity index (χ0v) is 17.1. The molecule has 0 amide bonds. The van der Waals surface area contributed by atoms with Gasteiger partial charge < -0.3 is 41.1 Å². The van der Waals surface area contributed by atoms with E-state index >= 15 is 0 Å². The van der Waals surface area contributed by atoms with Crippen molar-refractivity contribution in [2.75, 3.05) is 0 Å². The van der Waals surface area contributed by atoms with E-state index in [-0.39, 0.29) is 85.3 Å². The van der Waals surface area contributed by atoms with Gasteiger partial charge >= 0.3 is 85.3 Å². The molecule has 0 aromatic carbocycles. The van der Waals surface area contributed by atoms with Crippen LogP contribution in [0.4, 0.5) is 0 Å². The smallest absolute Gasteiger partial charge is 0.829 e. The number of rotatable bonds is 0. The maximum absolute atomic E-state index is 10.3. The first-order valence-corrected chi connectivity index (χ1v) is 7.35. The van der Waals surface area contributed by atoms with Gasteiger partial charge in [0, 0.05) is 0 Å². The van der Waals surface area contributed by atoms with Gasteiger partial charge in [0.05, 0.1) is 0 Å². The molecule has 0 bridgehead atoms. The second-order valence-electron chi connectivity index (χ2n) is 1.81. The molecule has 0 radical (unpaired) electrons. The summed E-state index contributed by atoms with van der Waals surface area (Å²) in [6.07, 6.45) is 0. The topological polar surface area (TPSA) is 166 Å². The Balaban J connectivity index is -0.000000480. The Morgan fingerprint density at radius 1 is 0.533 bits per heavy atom. The van der Waals surface area contributed by atoms with Gasteiger partial charge in [0.25, 0.3) is 0 Å². The third-order valence-electron chi connectivity index (χ3n) is 0.750. The Labute approximate surface area is 151 Å². The molecule has 0 aromatic heterocycles. The molecule has 1 heterocycles. The minimum atomic E-state index is -5.61. The molecule has 0 spiro atoms. The van der Waals surface area contributed by atoms with Gasteiger partial charge in [0.1, 0.15) is 27.1 Å². The standard InChI is InChI=1S/2Na.O9Si3.Zr/c;;1-10(2)7-11(3,4)9-12(5,6)8-10;/q2*+1;-6;+4. The molecule has 0 N–H and O–H groups in total. The summed E-state index contributed by atoms with van der Waals surface area (Å²) in [6.45, 7) is 0. The van der Waals surface area contributed by atoms with Crippen molar-refractivity contribution in [3.8, 4) is 0 Å². The van der Waals surface area contributed by atoms with Gasteiger partial charge in [-0.1, -0.05) is 0 Å². The van der Waals surface area contributed by atoms with Crippen molar-refractivity contribution in [1.29, 1.82) is 0 Å². The summed E-state index contributed by atoms with van der Waals surface area (Å²) >= 11 is 0. The Bertz CT molecular complexity index is 151. The Kier molecular flexibility index (Phi) is 11.9. The van der Waals surface area contributed by atoms with Gasteiger partial charge in [-0.25, -0.2) is 0 Å². The Morgan fingerprint density at radius 2 is 0.667 bits per heavy atom. The summed E-state index contributed by atoms with van der Waals surface area (Å²) in [5.74, 6) is 0. The molecule has 1 aliphatic heterocycles. The molecule has 15 heavy (non-hydrogen) atoms. The van der Waals surface area contributed by atoms with Crippen molar-refractivity contribution in [2.24, 2.45) is 0 Å². The molecule has 15 heteroatoms. The van der Waals surface area contributed by atoms with E-state index < -0.39 is 27.1 Å². The minimum absolute atomic E-state index is 0. The van der Waals surface area contributed by atoms with E-state index in [9.17, 15) is 28.8 Å². The minimum Gasteiger partial charge on any atom is -0.829 e. The van der Waals surface area contributed by atoms with Crippen LogP contribution in [0, 0.1) is 0 Å². The van der Waals surface area contributed by atoms with E-state index in [0.29, 0.717) is 0 Å². The van der Waals surface area contributed by atoms with Crippen molar-refractivity contribution < 1.29 is 126 Å². The predicted octanol–water partition coefficient (Wildman–Crippen LogP) is -14.5. The summed E-state index contributed by atoms with van der Waals surface area (Å²) < 4.78 is 9.73. The zero-order valence-electron chi connectivity index (χ0n) is 7.67. The molecule has 0 aliphatic carbocycles. The predicted molar refractivity (Wildman–Crippen MR) is 20.5 cm³/mol.